The van der Waals surface area contributed by atoms with E-state index in [0.29, 0.717) is 5.58 Å². The number of aryl methyl sites for hydroxylation is 1. The van der Waals surface area contributed by atoms with Crippen LogP contribution in [0, 0.1) is 6.92 Å². The molecule has 0 aliphatic rings. The average molecular weight is 135 g/mol. The lowest BCUT2D eigenvalue weighted by Crippen LogP contribution is -1.78. The minimum atomic E-state index is 0.669. The molecule has 4 heteroatoms. The van der Waals surface area contributed by atoms with Crippen LogP contribution in [0.25, 0.3) is 11.1 Å². The van der Waals surface area contributed by atoms with E-state index in [1.165, 1.54) is 0 Å². The van der Waals surface area contributed by atoms with Crippen molar-refractivity contribution in [3.05, 3.63) is 18.0 Å². The maximum Gasteiger partial charge on any atom is 0.208 e. The quantitative estimate of drug-likeness (QED) is 0.539. The molecule has 50 valence electrons. The van der Waals surface area contributed by atoms with Crippen LogP contribution in [0.4, 0.5) is 0 Å². The van der Waals surface area contributed by atoms with E-state index in [2.05, 4.69) is 15.4 Å². The van der Waals surface area contributed by atoms with Crippen LogP contribution in [-0.2, 0) is 0 Å². The Balaban J connectivity index is 2.95. The van der Waals surface area contributed by atoms with Crippen molar-refractivity contribution in [2.75, 3.05) is 0 Å². The van der Waals surface area contributed by atoms with Crippen molar-refractivity contribution in [3.63, 3.8) is 0 Å². The first-order valence-corrected chi connectivity index (χ1v) is 2.91. The normalized spacial score (nSPS) is 10.5. The first kappa shape index (κ1) is 5.34. The molecule has 0 unspecified atom stereocenters. The second-order valence-electron chi connectivity index (χ2n) is 2.02. The lowest BCUT2D eigenvalue weighted by Gasteiger charge is -1.86. The van der Waals surface area contributed by atoms with Gasteiger partial charge < -0.3 is 4.52 Å². The van der Waals surface area contributed by atoms with Gasteiger partial charge >= 0.3 is 0 Å². The Morgan fingerprint density at radius 2 is 2.40 bits per heavy atom. The number of rotatable bonds is 0. The van der Waals surface area contributed by atoms with Crippen LogP contribution in [-0.4, -0.2) is 15.4 Å². The minimum absolute atomic E-state index is 0.669. The molecule has 10 heavy (non-hydrogen) atoms. The molecular weight excluding hydrogens is 130 g/mol. The summed E-state index contributed by atoms with van der Waals surface area (Å²) in [6, 6.07) is 1.76. The number of aromatic nitrogens is 3. The Morgan fingerprint density at radius 1 is 1.50 bits per heavy atom. The third-order valence-corrected chi connectivity index (χ3v) is 1.34. The molecule has 0 aliphatic heterocycles. The highest BCUT2D eigenvalue weighted by Gasteiger charge is 2.01. The second kappa shape index (κ2) is 1.76. The van der Waals surface area contributed by atoms with Gasteiger partial charge in [0.1, 0.15) is 5.52 Å². The first-order valence-electron chi connectivity index (χ1n) is 2.91. The number of nitrogens with zero attached hydrogens (tertiary/aromatic N) is 3. The van der Waals surface area contributed by atoms with Crippen molar-refractivity contribution in [2.45, 2.75) is 6.92 Å². The average Bonchev–Trinajstić information content (AvgIpc) is 2.36. The summed E-state index contributed by atoms with van der Waals surface area (Å²) in [4.78, 5) is 4.01. The maximum absolute atomic E-state index is 4.83. The number of hydrogen-bond donors (Lipinski definition) is 0. The van der Waals surface area contributed by atoms with E-state index < -0.39 is 0 Å². The van der Waals surface area contributed by atoms with Gasteiger partial charge in [0.2, 0.25) is 5.58 Å². The highest BCUT2D eigenvalue weighted by molar-refractivity contribution is 5.72. The van der Waals surface area contributed by atoms with Gasteiger partial charge in [0.15, 0.2) is 0 Å². The van der Waals surface area contributed by atoms with Gasteiger partial charge in [0, 0.05) is 11.5 Å². The zero-order valence-corrected chi connectivity index (χ0v) is 5.40. The number of fused-ring (bicyclic) bond motifs is 1. The Labute approximate surface area is 56.9 Å². The van der Waals surface area contributed by atoms with E-state index in [4.69, 9.17) is 4.52 Å². The van der Waals surface area contributed by atoms with Crippen molar-refractivity contribution in [3.8, 4) is 0 Å². The summed E-state index contributed by atoms with van der Waals surface area (Å²) >= 11 is 0. The van der Waals surface area contributed by atoms with Gasteiger partial charge in [-0.05, 0) is 13.0 Å². The smallest absolute Gasteiger partial charge is 0.208 e. The van der Waals surface area contributed by atoms with Crippen LogP contribution >= 0.6 is 0 Å². The highest BCUT2D eigenvalue weighted by atomic mass is 16.5. The molecule has 2 heterocycles. The zero-order chi connectivity index (χ0) is 6.97. The lowest BCUT2D eigenvalue weighted by molar-refractivity contribution is 0.422. The summed E-state index contributed by atoms with van der Waals surface area (Å²) < 4.78 is 4.83. The predicted molar refractivity (Wildman–Crippen MR) is 34.3 cm³/mol. The monoisotopic (exact) mass is 135 g/mol. The van der Waals surface area contributed by atoms with Gasteiger partial charge in [-0.2, -0.15) is 0 Å². The van der Waals surface area contributed by atoms with E-state index in [0.717, 1.165) is 11.2 Å². The molecule has 0 fully saturated rings. The highest BCUT2D eigenvalue weighted by Crippen LogP contribution is 2.10. The van der Waals surface area contributed by atoms with Crippen LogP contribution in [0.3, 0.4) is 0 Å². The molecule has 0 spiro atoms. The molecule has 2 rings (SSSR count). The molecule has 0 aliphatic carbocycles. The summed E-state index contributed by atoms with van der Waals surface area (Å²) in [6.45, 7) is 1.86. The summed E-state index contributed by atoms with van der Waals surface area (Å²) in [6.07, 6.45) is 1.68. The molecule has 0 saturated heterocycles. The van der Waals surface area contributed by atoms with Crippen LogP contribution < -0.4 is 0 Å². The van der Waals surface area contributed by atoms with Crippen LogP contribution in [0.2, 0.25) is 0 Å². The van der Waals surface area contributed by atoms with Gasteiger partial charge in [-0.1, -0.05) is 0 Å². The fourth-order valence-electron chi connectivity index (χ4n) is 0.836. The van der Waals surface area contributed by atoms with Gasteiger partial charge in [0.05, 0.1) is 5.69 Å². The predicted octanol–water partition coefficient (Wildman–Crippen LogP) is 0.926. The minimum Gasteiger partial charge on any atom is -0.335 e. The molecule has 0 atom stereocenters. The van der Waals surface area contributed by atoms with Crippen molar-refractivity contribution in [1.82, 2.24) is 15.4 Å². The van der Waals surface area contributed by atoms with Crippen LogP contribution in [0.5, 0.6) is 0 Å². The summed E-state index contributed by atoms with van der Waals surface area (Å²) in [5.41, 5.74) is 2.25. The van der Waals surface area contributed by atoms with E-state index in [1.54, 1.807) is 12.3 Å². The largest absolute Gasteiger partial charge is 0.335 e. The van der Waals surface area contributed by atoms with Crippen molar-refractivity contribution < 1.29 is 4.52 Å². The third-order valence-electron chi connectivity index (χ3n) is 1.34. The molecule has 0 N–H and O–H groups in total. The van der Waals surface area contributed by atoms with Gasteiger partial charge in [-0.25, -0.2) is 0 Å². The van der Waals surface area contributed by atoms with E-state index in [-0.39, 0.29) is 0 Å². The zero-order valence-electron chi connectivity index (χ0n) is 5.40. The molecule has 0 saturated carbocycles. The summed E-state index contributed by atoms with van der Waals surface area (Å²) in [5.74, 6) is 0. The van der Waals surface area contributed by atoms with Crippen molar-refractivity contribution >= 4 is 11.1 Å². The van der Waals surface area contributed by atoms with E-state index >= 15 is 0 Å². The summed E-state index contributed by atoms with van der Waals surface area (Å²) in [5, 5.41) is 7.12. The maximum atomic E-state index is 4.83. The molecule has 0 bridgehead atoms. The Morgan fingerprint density at radius 3 is 3.20 bits per heavy atom. The van der Waals surface area contributed by atoms with Gasteiger partial charge in [-0.3, -0.25) is 4.98 Å². The molecular formula is C6H5N3O. The Bertz CT molecular complexity index is 355. The van der Waals surface area contributed by atoms with Gasteiger partial charge in [-0.15, -0.1) is 5.10 Å². The van der Waals surface area contributed by atoms with Crippen molar-refractivity contribution in [1.29, 1.82) is 0 Å². The molecule has 2 aromatic rings. The molecule has 0 amide bonds. The second-order valence-corrected chi connectivity index (χ2v) is 2.02. The Kier molecular flexibility index (Phi) is 0.943. The van der Waals surface area contributed by atoms with E-state index in [9.17, 15) is 0 Å². The molecule has 0 radical (unpaired) electrons. The first-order chi connectivity index (χ1) is 4.88. The topological polar surface area (TPSA) is 51.8 Å². The van der Waals surface area contributed by atoms with Crippen molar-refractivity contribution in [2.24, 2.45) is 0 Å². The third kappa shape index (κ3) is 0.586. The summed E-state index contributed by atoms with van der Waals surface area (Å²) in [7, 11) is 0. The molecule has 2 aromatic heterocycles. The lowest BCUT2D eigenvalue weighted by atomic mass is 10.3. The van der Waals surface area contributed by atoms with Gasteiger partial charge in [0.25, 0.3) is 0 Å². The number of pyridine rings is 1. The standard InChI is InChI=1S/C6H5N3O/c1-4-6-5(2-3-7-4)8-9-10-6/h2-3H,1H3. The fraction of sp³-hybridized carbons (Fsp3) is 0.167. The van der Waals surface area contributed by atoms with Crippen LogP contribution in [0.15, 0.2) is 16.8 Å². The molecule has 4 nitrogen and oxygen atoms in total. The number of hydrogen-bond acceptors (Lipinski definition) is 4. The molecule has 0 aromatic carbocycles. The SMILES string of the molecule is Cc1nccc2nnoc12. The van der Waals surface area contributed by atoms with E-state index in [1.807, 2.05) is 6.92 Å². The van der Waals surface area contributed by atoms with Crippen LogP contribution in [0.1, 0.15) is 5.69 Å². The Hall–Kier alpha value is -1.45. The fourth-order valence-corrected chi connectivity index (χ4v) is 0.836.